The number of rotatable bonds is 3. The van der Waals surface area contributed by atoms with Crippen LogP contribution in [0.1, 0.15) is 5.56 Å². The van der Waals surface area contributed by atoms with Crippen molar-refractivity contribution in [1.82, 2.24) is 9.47 Å². The van der Waals surface area contributed by atoms with E-state index in [1.165, 1.54) is 12.1 Å². The largest absolute Gasteiger partial charge is 0.348 e. The summed E-state index contributed by atoms with van der Waals surface area (Å²) in [6, 6.07) is 15.7. The monoisotopic (exact) mass is 355 g/mol. The normalized spacial score (nSPS) is 10.7. The van der Waals surface area contributed by atoms with E-state index in [1.54, 1.807) is 35.7 Å². The maximum absolute atomic E-state index is 13.3. The van der Waals surface area contributed by atoms with Gasteiger partial charge in [-0.3, -0.25) is 4.79 Å². The van der Waals surface area contributed by atoms with Gasteiger partial charge in [0.05, 0.1) is 12.1 Å². The Morgan fingerprint density at radius 2 is 1.96 bits per heavy atom. The predicted molar refractivity (Wildman–Crippen MR) is 103 cm³/mol. The van der Waals surface area contributed by atoms with E-state index in [9.17, 15) is 9.18 Å². The Balaban J connectivity index is 1.82. The van der Waals surface area contributed by atoms with Crippen molar-refractivity contribution in [3.05, 3.63) is 76.3 Å². The second kappa shape index (κ2) is 7.03. The number of aromatic nitrogens is 1. The van der Waals surface area contributed by atoms with Crippen LogP contribution in [-0.2, 0) is 13.6 Å². The van der Waals surface area contributed by atoms with E-state index in [1.807, 2.05) is 30.3 Å². The number of fused-ring (bicyclic) bond motifs is 1. The molecule has 2 aromatic carbocycles. The lowest BCUT2D eigenvalue weighted by atomic mass is 10.1. The third-order valence-corrected chi connectivity index (χ3v) is 4.45. The summed E-state index contributed by atoms with van der Waals surface area (Å²) in [4.78, 5) is 14.3. The molecule has 0 amide bonds. The molecule has 128 valence electrons. The van der Waals surface area contributed by atoms with E-state index in [0.717, 1.165) is 10.9 Å². The van der Waals surface area contributed by atoms with Gasteiger partial charge in [-0.25, -0.2) is 4.39 Å². The zero-order valence-electron chi connectivity index (χ0n) is 14.0. The number of aryl methyl sites for hydroxylation is 1. The average Bonchev–Trinajstić information content (AvgIpc) is 2.59. The summed E-state index contributed by atoms with van der Waals surface area (Å²) in [5.41, 5.74) is 2.05. The summed E-state index contributed by atoms with van der Waals surface area (Å²) in [7, 11) is 3.56. The molecule has 0 unspecified atom stereocenters. The van der Waals surface area contributed by atoms with Gasteiger partial charge in [-0.15, -0.1) is 0 Å². The minimum atomic E-state index is -0.334. The average molecular weight is 355 g/mol. The highest BCUT2D eigenvalue weighted by molar-refractivity contribution is 7.80. The number of pyridine rings is 1. The van der Waals surface area contributed by atoms with E-state index in [4.69, 9.17) is 12.2 Å². The van der Waals surface area contributed by atoms with Gasteiger partial charge in [-0.2, -0.15) is 0 Å². The summed E-state index contributed by atoms with van der Waals surface area (Å²) in [5, 5.41) is 4.40. The predicted octanol–water partition coefficient (Wildman–Crippen LogP) is 3.51. The van der Waals surface area contributed by atoms with Gasteiger partial charge in [-0.05, 0) is 47.9 Å². The molecule has 0 spiro atoms. The molecule has 6 heteroatoms. The van der Waals surface area contributed by atoms with Crippen LogP contribution >= 0.6 is 12.2 Å². The maximum Gasteiger partial charge on any atom is 0.255 e. The fourth-order valence-corrected chi connectivity index (χ4v) is 2.90. The molecule has 0 aliphatic heterocycles. The lowest BCUT2D eigenvalue weighted by Crippen LogP contribution is -2.33. The van der Waals surface area contributed by atoms with Gasteiger partial charge in [0.25, 0.3) is 5.56 Å². The van der Waals surface area contributed by atoms with Gasteiger partial charge in [0.15, 0.2) is 5.11 Å². The number of benzene rings is 2. The standard InChI is InChI=1S/C19H18FN3OS/c1-22(19(25)21-16-8-5-7-15(20)11-16)12-14-10-13-6-3-4-9-17(13)23(2)18(14)24/h3-11H,12H2,1-2H3,(H,21,25). The summed E-state index contributed by atoms with van der Waals surface area (Å²) in [6.07, 6.45) is 0. The van der Waals surface area contributed by atoms with Gasteiger partial charge < -0.3 is 14.8 Å². The molecule has 0 saturated carbocycles. The minimum Gasteiger partial charge on any atom is -0.348 e. The van der Waals surface area contributed by atoms with Crippen LogP contribution in [0.25, 0.3) is 10.9 Å². The molecular weight excluding hydrogens is 337 g/mol. The lowest BCUT2D eigenvalue weighted by Gasteiger charge is -2.21. The molecule has 0 aliphatic carbocycles. The number of hydrogen-bond acceptors (Lipinski definition) is 2. The molecule has 0 bridgehead atoms. The molecule has 1 heterocycles. The maximum atomic E-state index is 13.3. The zero-order valence-corrected chi connectivity index (χ0v) is 14.8. The Kier molecular flexibility index (Phi) is 4.81. The van der Waals surface area contributed by atoms with Crippen LogP contribution in [0.4, 0.5) is 10.1 Å². The van der Waals surface area contributed by atoms with E-state index >= 15 is 0 Å². The molecule has 0 radical (unpaired) electrons. The first-order valence-corrected chi connectivity index (χ1v) is 8.22. The van der Waals surface area contributed by atoms with Crippen molar-refractivity contribution in [3.8, 4) is 0 Å². The van der Waals surface area contributed by atoms with E-state index < -0.39 is 0 Å². The van der Waals surface area contributed by atoms with Crippen molar-refractivity contribution >= 4 is 33.9 Å². The molecule has 25 heavy (non-hydrogen) atoms. The van der Waals surface area contributed by atoms with Crippen molar-refractivity contribution in [2.45, 2.75) is 6.54 Å². The van der Waals surface area contributed by atoms with Crippen molar-refractivity contribution in [1.29, 1.82) is 0 Å². The minimum absolute atomic E-state index is 0.0564. The summed E-state index contributed by atoms with van der Waals surface area (Å²) < 4.78 is 14.9. The molecular formula is C19H18FN3OS. The van der Waals surface area contributed by atoms with Crippen molar-refractivity contribution in [3.63, 3.8) is 0 Å². The number of nitrogens with zero attached hydrogens (tertiary/aromatic N) is 2. The molecule has 4 nitrogen and oxygen atoms in total. The first-order chi connectivity index (χ1) is 12.0. The van der Waals surface area contributed by atoms with E-state index in [-0.39, 0.29) is 11.4 Å². The Morgan fingerprint density at radius 1 is 1.20 bits per heavy atom. The van der Waals surface area contributed by atoms with Crippen LogP contribution in [0.3, 0.4) is 0 Å². The number of hydrogen-bond donors (Lipinski definition) is 1. The van der Waals surface area contributed by atoms with E-state index in [0.29, 0.717) is 22.9 Å². The Hall–Kier alpha value is -2.73. The molecule has 3 rings (SSSR count). The molecule has 0 saturated heterocycles. The number of anilines is 1. The van der Waals surface area contributed by atoms with Gasteiger partial charge >= 0.3 is 0 Å². The topological polar surface area (TPSA) is 37.3 Å². The van der Waals surface area contributed by atoms with Crippen LogP contribution in [0, 0.1) is 5.82 Å². The lowest BCUT2D eigenvalue weighted by molar-refractivity contribution is 0.504. The van der Waals surface area contributed by atoms with Gasteiger partial charge in [0.2, 0.25) is 0 Å². The molecule has 0 fully saturated rings. The summed E-state index contributed by atoms with van der Waals surface area (Å²) >= 11 is 5.36. The third kappa shape index (κ3) is 3.69. The Labute approximate surface area is 150 Å². The van der Waals surface area contributed by atoms with Crippen molar-refractivity contribution in [2.24, 2.45) is 7.05 Å². The SMILES string of the molecule is CN(Cc1cc2ccccc2n(C)c1=O)C(=S)Nc1cccc(F)c1. The summed E-state index contributed by atoms with van der Waals surface area (Å²) in [5.74, 6) is -0.334. The Bertz CT molecular complexity index is 999. The number of thiocarbonyl (C=S) groups is 1. The number of nitrogens with one attached hydrogen (secondary N) is 1. The van der Waals surface area contributed by atoms with E-state index in [2.05, 4.69) is 5.32 Å². The van der Waals surface area contributed by atoms with Gasteiger partial charge in [0, 0.05) is 25.3 Å². The summed E-state index contributed by atoms with van der Waals surface area (Å²) in [6.45, 7) is 0.360. The zero-order chi connectivity index (χ0) is 18.0. The van der Waals surface area contributed by atoms with Crippen LogP contribution < -0.4 is 10.9 Å². The second-order valence-corrected chi connectivity index (χ2v) is 6.28. The second-order valence-electron chi connectivity index (χ2n) is 5.89. The molecule has 1 aromatic heterocycles. The number of halogens is 1. The quantitative estimate of drug-likeness (QED) is 0.730. The van der Waals surface area contributed by atoms with Crippen molar-refractivity contribution < 1.29 is 4.39 Å². The molecule has 1 N–H and O–H groups in total. The fraction of sp³-hybridized carbons (Fsp3) is 0.158. The Morgan fingerprint density at radius 3 is 2.72 bits per heavy atom. The highest BCUT2D eigenvalue weighted by atomic mass is 32.1. The van der Waals surface area contributed by atoms with Crippen LogP contribution in [0.15, 0.2) is 59.4 Å². The smallest absolute Gasteiger partial charge is 0.255 e. The molecule has 0 atom stereocenters. The first kappa shape index (κ1) is 17.1. The van der Waals surface area contributed by atoms with Crippen LogP contribution in [0.5, 0.6) is 0 Å². The highest BCUT2D eigenvalue weighted by Crippen LogP contribution is 2.14. The molecule has 3 aromatic rings. The van der Waals surface area contributed by atoms with Gasteiger partial charge in [0.1, 0.15) is 5.82 Å². The highest BCUT2D eigenvalue weighted by Gasteiger charge is 2.11. The molecule has 0 aliphatic rings. The van der Waals surface area contributed by atoms with Crippen LogP contribution in [-0.4, -0.2) is 21.6 Å². The van der Waals surface area contributed by atoms with Crippen molar-refractivity contribution in [2.75, 3.05) is 12.4 Å². The van der Waals surface area contributed by atoms with Gasteiger partial charge in [-0.1, -0.05) is 24.3 Å². The number of para-hydroxylation sites is 1. The third-order valence-electron chi connectivity index (χ3n) is 4.04. The fourth-order valence-electron chi connectivity index (χ4n) is 2.72. The first-order valence-electron chi connectivity index (χ1n) is 7.81. The van der Waals surface area contributed by atoms with Crippen LogP contribution in [0.2, 0.25) is 0 Å².